The predicted molar refractivity (Wildman–Crippen MR) is 105 cm³/mol. The van der Waals surface area contributed by atoms with Crippen molar-refractivity contribution in [1.82, 2.24) is 24.9 Å². The molecule has 0 aliphatic carbocycles. The zero-order chi connectivity index (χ0) is 19.8. The molecule has 1 aliphatic rings. The molecule has 1 fully saturated rings. The van der Waals surface area contributed by atoms with E-state index in [0.29, 0.717) is 29.4 Å². The van der Waals surface area contributed by atoms with Gasteiger partial charge in [0.25, 0.3) is 11.8 Å². The SMILES string of the molecule is Cc1cc(C(=O)N2CCC(c3c(C(=O)N(C)C)sc4nccnc34)CC2)no1. The van der Waals surface area contributed by atoms with Crippen LogP contribution in [0.1, 0.15) is 50.2 Å². The van der Waals surface area contributed by atoms with Crippen molar-refractivity contribution in [3.05, 3.63) is 40.4 Å². The van der Waals surface area contributed by atoms with Crippen LogP contribution >= 0.6 is 11.3 Å². The molecule has 0 atom stereocenters. The number of carbonyl (C=O) groups is 2. The molecule has 1 aliphatic heterocycles. The highest BCUT2D eigenvalue weighted by molar-refractivity contribution is 7.20. The van der Waals surface area contributed by atoms with Gasteiger partial charge in [-0.2, -0.15) is 0 Å². The maximum absolute atomic E-state index is 12.7. The molecule has 4 rings (SSSR count). The average molecular weight is 399 g/mol. The number of fused-ring (bicyclic) bond motifs is 1. The van der Waals surface area contributed by atoms with Gasteiger partial charge in [-0.15, -0.1) is 11.3 Å². The van der Waals surface area contributed by atoms with Crippen molar-refractivity contribution in [2.45, 2.75) is 25.7 Å². The first-order valence-corrected chi connectivity index (χ1v) is 9.95. The highest BCUT2D eigenvalue weighted by Gasteiger charge is 2.32. The molecule has 0 radical (unpaired) electrons. The summed E-state index contributed by atoms with van der Waals surface area (Å²) in [5.74, 6) is 0.632. The lowest BCUT2D eigenvalue weighted by molar-refractivity contribution is 0.0700. The molecule has 28 heavy (non-hydrogen) atoms. The van der Waals surface area contributed by atoms with Crippen molar-refractivity contribution in [1.29, 1.82) is 0 Å². The van der Waals surface area contributed by atoms with Gasteiger partial charge in [0.1, 0.15) is 16.1 Å². The van der Waals surface area contributed by atoms with Crippen molar-refractivity contribution in [2.75, 3.05) is 27.2 Å². The van der Waals surface area contributed by atoms with E-state index in [1.54, 1.807) is 49.3 Å². The standard InChI is InChI=1S/C19H21N5O3S/c1-11-10-13(22-27-11)18(25)24-8-4-12(5-9-24)14-15-17(21-7-6-20-15)28-16(14)19(26)23(2)3/h6-7,10,12H,4-5,8-9H2,1-3H3. The van der Waals surface area contributed by atoms with E-state index < -0.39 is 0 Å². The lowest BCUT2D eigenvalue weighted by atomic mass is 9.88. The van der Waals surface area contributed by atoms with Crippen LogP contribution in [0, 0.1) is 6.92 Å². The second-order valence-corrected chi connectivity index (χ2v) is 8.14. The molecular weight excluding hydrogens is 378 g/mol. The summed E-state index contributed by atoms with van der Waals surface area (Å²) in [5, 5.41) is 3.82. The van der Waals surface area contributed by atoms with Crippen molar-refractivity contribution in [3.8, 4) is 0 Å². The maximum Gasteiger partial charge on any atom is 0.276 e. The summed E-state index contributed by atoms with van der Waals surface area (Å²) in [6.07, 6.45) is 4.83. The van der Waals surface area contributed by atoms with Gasteiger partial charge in [-0.3, -0.25) is 14.6 Å². The summed E-state index contributed by atoms with van der Waals surface area (Å²) in [6.45, 7) is 2.97. The zero-order valence-corrected chi connectivity index (χ0v) is 16.8. The first kappa shape index (κ1) is 18.5. The molecule has 3 aromatic heterocycles. The number of thiophene rings is 1. The summed E-state index contributed by atoms with van der Waals surface area (Å²) in [6, 6.07) is 1.66. The number of amides is 2. The Morgan fingerprint density at radius 2 is 1.93 bits per heavy atom. The van der Waals surface area contributed by atoms with Crippen LogP contribution in [0.4, 0.5) is 0 Å². The monoisotopic (exact) mass is 399 g/mol. The molecule has 2 amide bonds. The summed E-state index contributed by atoms with van der Waals surface area (Å²) in [7, 11) is 3.50. The van der Waals surface area contributed by atoms with Gasteiger partial charge in [0.2, 0.25) is 0 Å². The maximum atomic E-state index is 12.7. The fourth-order valence-corrected chi connectivity index (χ4v) is 4.79. The second kappa shape index (κ2) is 7.31. The van der Waals surface area contributed by atoms with Gasteiger partial charge in [0.05, 0.1) is 4.88 Å². The lowest BCUT2D eigenvalue weighted by Crippen LogP contribution is -2.38. The van der Waals surface area contributed by atoms with E-state index in [2.05, 4.69) is 15.1 Å². The molecule has 0 spiro atoms. The Balaban J connectivity index is 1.59. The van der Waals surface area contributed by atoms with E-state index in [0.717, 1.165) is 28.8 Å². The number of aromatic nitrogens is 3. The Bertz CT molecular complexity index is 1030. The number of aryl methyl sites for hydroxylation is 1. The van der Waals surface area contributed by atoms with Gasteiger partial charge < -0.3 is 14.3 Å². The topological polar surface area (TPSA) is 92.4 Å². The van der Waals surface area contributed by atoms with Crippen molar-refractivity contribution in [2.24, 2.45) is 0 Å². The van der Waals surface area contributed by atoms with Crippen LogP contribution in [-0.4, -0.2) is 63.9 Å². The van der Waals surface area contributed by atoms with E-state index >= 15 is 0 Å². The van der Waals surface area contributed by atoms with E-state index in [4.69, 9.17) is 4.52 Å². The van der Waals surface area contributed by atoms with Crippen LogP contribution in [0.5, 0.6) is 0 Å². The van der Waals surface area contributed by atoms with Gasteiger partial charge in [-0.25, -0.2) is 4.98 Å². The largest absolute Gasteiger partial charge is 0.361 e. The van der Waals surface area contributed by atoms with Crippen LogP contribution < -0.4 is 0 Å². The minimum Gasteiger partial charge on any atom is -0.361 e. The highest BCUT2D eigenvalue weighted by atomic mass is 32.1. The average Bonchev–Trinajstić information content (AvgIpc) is 3.30. The van der Waals surface area contributed by atoms with Gasteiger partial charge in [-0.1, -0.05) is 5.16 Å². The molecule has 0 aromatic carbocycles. The minimum atomic E-state index is -0.116. The Morgan fingerprint density at radius 1 is 1.21 bits per heavy atom. The van der Waals surface area contributed by atoms with Crippen LogP contribution in [0.15, 0.2) is 23.0 Å². The fourth-order valence-electron chi connectivity index (χ4n) is 3.59. The smallest absolute Gasteiger partial charge is 0.276 e. The number of rotatable bonds is 3. The Labute approximate surface area is 166 Å². The van der Waals surface area contributed by atoms with Crippen molar-refractivity contribution < 1.29 is 14.1 Å². The third kappa shape index (κ3) is 3.26. The van der Waals surface area contributed by atoms with Gasteiger partial charge in [0, 0.05) is 51.2 Å². The molecule has 146 valence electrons. The number of piperidine rings is 1. The van der Waals surface area contributed by atoms with Crippen molar-refractivity contribution >= 4 is 33.5 Å². The molecule has 0 N–H and O–H groups in total. The van der Waals surface area contributed by atoms with E-state index in [9.17, 15) is 9.59 Å². The Hall–Kier alpha value is -2.81. The normalized spacial score (nSPS) is 15.2. The summed E-state index contributed by atoms with van der Waals surface area (Å²) >= 11 is 1.39. The first-order chi connectivity index (χ1) is 13.5. The first-order valence-electron chi connectivity index (χ1n) is 9.13. The van der Waals surface area contributed by atoms with Crippen LogP contribution in [-0.2, 0) is 0 Å². The number of carbonyl (C=O) groups excluding carboxylic acids is 2. The summed E-state index contributed by atoms with van der Waals surface area (Å²) in [5.41, 5.74) is 2.11. The Kier molecular flexibility index (Phi) is 4.84. The number of likely N-dealkylation sites (tertiary alicyclic amines) is 1. The fraction of sp³-hybridized carbons (Fsp3) is 0.421. The van der Waals surface area contributed by atoms with Gasteiger partial charge in [-0.05, 0) is 25.7 Å². The molecule has 0 bridgehead atoms. The third-order valence-electron chi connectivity index (χ3n) is 5.00. The molecule has 9 heteroatoms. The van der Waals surface area contributed by atoms with E-state index in [1.807, 2.05) is 0 Å². The predicted octanol–water partition coefficient (Wildman–Crippen LogP) is 2.71. The number of hydrogen-bond acceptors (Lipinski definition) is 7. The van der Waals surface area contributed by atoms with E-state index in [-0.39, 0.29) is 17.7 Å². The summed E-state index contributed by atoms with van der Waals surface area (Å²) in [4.78, 5) is 39.1. The third-order valence-corrected chi connectivity index (χ3v) is 6.09. The van der Waals surface area contributed by atoms with Crippen LogP contribution in [0.3, 0.4) is 0 Å². The van der Waals surface area contributed by atoms with E-state index in [1.165, 1.54) is 11.3 Å². The van der Waals surface area contributed by atoms with Crippen LogP contribution in [0.25, 0.3) is 10.3 Å². The lowest BCUT2D eigenvalue weighted by Gasteiger charge is -2.31. The molecule has 4 heterocycles. The molecular formula is C19H21N5O3S. The number of hydrogen-bond donors (Lipinski definition) is 0. The van der Waals surface area contributed by atoms with Gasteiger partial charge >= 0.3 is 0 Å². The second-order valence-electron chi connectivity index (χ2n) is 7.14. The molecule has 0 unspecified atom stereocenters. The minimum absolute atomic E-state index is 0.0311. The molecule has 8 nitrogen and oxygen atoms in total. The van der Waals surface area contributed by atoms with Crippen molar-refractivity contribution in [3.63, 3.8) is 0 Å². The molecule has 0 saturated carbocycles. The highest BCUT2D eigenvalue weighted by Crippen LogP contribution is 2.39. The summed E-state index contributed by atoms with van der Waals surface area (Å²) < 4.78 is 5.02. The zero-order valence-electron chi connectivity index (χ0n) is 16.0. The Morgan fingerprint density at radius 3 is 2.57 bits per heavy atom. The molecule has 1 saturated heterocycles. The quantitative estimate of drug-likeness (QED) is 0.672. The number of nitrogens with zero attached hydrogens (tertiary/aromatic N) is 5. The molecule has 3 aromatic rings. The van der Waals surface area contributed by atoms with Gasteiger partial charge in [0.15, 0.2) is 5.69 Å². The van der Waals surface area contributed by atoms with Crippen LogP contribution in [0.2, 0.25) is 0 Å².